The lowest BCUT2D eigenvalue weighted by Crippen LogP contribution is -2.29. The molecule has 0 saturated carbocycles. The Kier molecular flexibility index (Phi) is 7.55. The number of anilines is 1. The molecule has 8 nitrogen and oxygen atoms in total. The number of ether oxygens (including phenoxy) is 3. The van der Waals surface area contributed by atoms with Gasteiger partial charge >= 0.3 is 5.97 Å². The number of carbonyl (C=O) groups is 1. The van der Waals surface area contributed by atoms with E-state index >= 15 is 0 Å². The zero-order valence-corrected chi connectivity index (χ0v) is 21.5. The normalized spacial score (nSPS) is 14.7. The summed E-state index contributed by atoms with van der Waals surface area (Å²) in [6, 6.07) is 11.4. The molecule has 1 unspecified atom stereocenters. The van der Waals surface area contributed by atoms with Crippen molar-refractivity contribution < 1.29 is 19.0 Å². The highest BCUT2D eigenvalue weighted by molar-refractivity contribution is 9.10. The minimum atomic E-state index is -0.576. The molecule has 4 rings (SSSR count). The van der Waals surface area contributed by atoms with E-state index in [1.54, 1.807) is 4.68 Å². The predicted molar refractivity (Wildman–Crippen MR) is 136 cm³/mol. The third-order valence-electron chi connectivity index (χ3n) is 5.46. The second-order valence-corrected chi connectivity index (χ2v) is 8.88. The molecule has 0 spiro atoms. The van der Waals surface area contributed by atoms with Crippen LogP contribution < -0.4 is 14.8 Å². The van der Waals surface area contributed by atoms with Crippen molar-refractivity contribution in [3.05, 3.63) is 87.8 Å². The number of benzene rings is 2. The highest BCUT2D eigenvalue weighted by atomic mass is 79.9. The number of hydrogen-bond donors (Lipinski definition) is 1. The van der Waals surface area contributed by atoms with E-state index in [1.165, 1.54) is 12.4 Å². The molecule has 1 N–H and O–H groups in total. The Morgan fingerprint density at radius 1 is 1.26 bits per heavy atom. The molecule has 2 heterocycles. The van der Waals surface area contributed by atoms with Crippen LogP contribution in [0.5, 0.6) is 11.5 Å². The quantitative estimate of drug-likeness (QED) is 0.290. The van der Waals surface area contributed by atoms with E-state index in [0.717, 1.165) is 16.7 Å². The third-order valence-corrected chi connectivity index (χ3v) is 6.05. The first-order valence-corrected chi connectivity index (χ1v) is 12.0. The predicted octanol–water partition coefficient (Wildman–Crippen LogP) is 5.34. The summed E-state index contributed by atoms with van der Waals surface area (Å²) in [5, 5.41) is 7.50. The second-order valence-electron chi connectivity index (χ2n) is 8.02. The number of fused-ring (bicyclic) bond motifs is 1. The number of carbonyl (C=O) groups excluding carboxylic acids is 1. The van der Waals surface area contributed by atoms with Gasteiger partial charge in [0.2, 0.25) is 5.95 Å². The number of rotatable bonds is 9. The van der Waals surface area contributed by atoms with Crippen LogP contribution in [0.2, 0.25) is 0 Å². The molecular weight excluding hydrogens is 512 g/mol. The fourth-order valence-corrected chi connectivity index (χ4v) is 4.56. The minimum Gasteiger partial charge on any atom is -0.490 e. The van der Waals surface area contributed by atoms with Crippen molar-refractivity contribution in [1.29, 1.82) is 0 Å². The number of nitrogens with zero attached hydrogens (tertiary/aromatic N) is 3. The van der Waals surface area contributed by atoms with Crippen LogP contribution in [0, 0.1) is 6.92 Å². The van der Waals surface area contributed by atoms with E-state index in [-0.39, 0.29) is 6.61 Å². The van der Waals surface area contributed by atoms with Gasteiger partial charge in [0.05, 0.1) is 16.7 Å². The van der Waals surface area contributed by atoms with Gasteiger partial charge in [-0.3, -0.25) is 0 Å². The Morgan fingerprint density at radius 2 is 2.09 bits per heavy atom. The Hall–Kier alpha value is -3.59. The molecule has 1 aliphatic rings. The maximum absolute atomic E-state index is 13.0. The van der Waals surface area contributed by atoms with Gasteiger partial charge in [0.1, 0.15) is 25.6 Å². The molecule has 0 aliphatic carbocycles. The molecular formula is C26H27BrN4O4. The van der Waals surface area contributed by atoms with Crippen LogP contribution >= 0.6 is 15.9 Å². The van der Waals surface area contributed by atoms with E-state index in [2.05, 4.69) is 44.0 Å². The second kappa shape index (κ2) is 10.8. The maximum Gasteiger partial charge on any atom is 0.338 e. The fraction of sp³-hybridized carbons (Fsp3) is 0.269. The molecule has 0 amide bonds. The standard InChI is InChI=1S/C26H27BrN4O4/c1-5-10-34-25(32)22-17(4)30-26-28-15-29-31(26)23(22)19-12-20(27)24(21(13-19)33-6-2)35-14-18-9-7-8-16(3)11-18/h5,7-9,11-13,15,23H,1,6,10,14H2,2-4H3,(H,28,29,30). The topological polar surface area (TPSA) is 87.5 Å². The number of aromatic nitrogens is 3. The summed E-state index contributed by atoms with van der Waals surface area (Å²) in [6.45, 7) is 10.3. The first-order valence-electron chi connectivity index (χ1n) is 11.2. The summed E-state index contributed by atoms with van der Waals surface area (Å²) in [7, 11) is 0. The summed E-state index contributed by atoms with van der Waals surface area (Å²) >= 11 is 3.66. The number of esters is 1. The average molecular weight is 539 g/mol. The Bertz CT molecular complexity index is 1280. The summed E-state index contributed by atoms with van der Waals surface area (Å²) in [5.74, 6) is 1.21. The third kappa shape index (κ3) is 5.24. The van der Waals surface area contributed by atoms with E-state index in [1.807, 2.05) is 51.1 Å². The van der Waals surface area contributed by atoms with Gasteiger partial charge in [-0.2, -0.15) is 10.1 Å². The molecule has 0 saturated heterocycles. The van der Waals surface area contributed by atoms with Crippen LogP contribution in [0.25, 0.3) is 0 Å². The Balaban J connectivity index is 1.74. The largest absolute Gasteiger partial charge is 0.490 e. The van der Waals surface area contributed by atoms with Crippen molar-refractivity contribution >= 4 is 27.8 Å². The van der Waals surface area contributed by atoms with E-state index in [4.69, 9.17) is 14.2 Å². The zero-order valence-electron chi connectivity index (χ0n) is 19.9. The highest BCUT2D eigenvalue weighted by Crippen LogP contribution is 2.43. The molecule has 9 heteroatoms. The van der Waals surface area contributed by atoms with Crippen molar-refractivity contribution in [1.82, 2.24) is 14.8 Å². The number of nitrogens with one attached hydrogen (secondary N) is 1. The number of allylic oxidation sites excluding steroid dienone is 1. The maximum atomic E-state index is 13.0. The summed E-state index contributed by atoms with van der Waals surface area (Å²) in [6.07, 6.45) is 2.97. The molecule has 1 aliphatic heterocycles. The molecule has 3 aromatic rings. The van der Waals surface area contributed by atoms with Crippen molar-refractivity contribution in [3.63, 3.8) is 0 Å². The number of aryl methyl sites for hydroxylation is 1. The molecule has 0 bridgehead atoms. The van der Waals surface area contributed by atoms with Crippen molar-refractivity contribution in [2.24, 2.45) is 0 Å². The average Bonchev–Trinajstić information content (AvgIpc) is 3.29. The lowest BCUT2D eigenvalue weighted by Gasteiger charge is -2.29. The Morgan fingerprint density at radius 3 is 2.83 bits per heavy atom. The lowest BCUT2D eigenvalue weighted by molar-refractivity contribution is -0.138. The summed E-state index contributed by atoms with van der Waals surface area (Å²) in [4.78, 5) is 17.3. The van der Waals surface area contributed by atoms with Crippen molar-refractivity contribution in [3.8, 4) is 11.5 Å². The molecule has 1 aromatic heterocycles. The zero-order chi connectivity index (χ0) is 24.9. The molecule has 0 fully saturated rings. The van der Waals surface area contributed by atoms with Crippen LogP contribution in [0.1, 0.15) is 36.6 Å². The molecule has 0 radical (unpaired) electrons. The SMILES string of the molecule is C=CCOC(=O)C1=C(C)Nc2ncnn2C1c1cc(Br)c(OCc2cccc(C)c2)c(OCC)c1. The molecule has 2 aromatic carbocycles. The summed E-state index contributed by atoms with van der Waals surface area (Å²) in [5.41, 5.74) is 4.05. The van der Waals surface area contributed by atoms with Gasteiger partial charge in [-0.25, -0.2) is 9.48 Å². The Labute approximate surface area is 212 Å². The van der Waals surface area contributed by atoms with Crippen LogP contribution in [-0.2, 0) is 16.1 Å². The molecule has 1 atom stereocenters. The van der Waals surface area contributed by atoms with Gasteiger partial charge in [-0.1, -0.05) is 42.5 Å². The van der Waals surface area contributed by atoms with Crippen LogP contribution in [0.4, 0.5) is 5.95 Å². The minimum absolute atomic E-state index is 0.103. The van der Waals surface area contributed by atoms with Gasteiger partial charge in [-0.15, -0.1) is 0 Å². The monoisotopic (exact) mass is 538 g/mol. The van der Waals surface area contributed by atoms with E-state index in [0.29, 0.717) is 46.4 Å². The first kappa shape index (κ1) is 24.5. The first-order chi connectivity index (χ1) is 16.9. The van der Waals surface area contributed by atoms with Gasteiger partial charge < -0.3 is 19.5 Å². The van der Waals surface area contributed by atoms with Crippen LogP contribution in [-0.4, -0.2) is 33.9 Å². The van der Waals surface area contributed by atoms with Gasteiger partial charge in [0.15, 0.2) is 11.5 Å². The number of hydrogen-bond acceptors (Lipinski definition) is 7. The summed E-state index contributed by atoms with van der Waals surface area (Å²) < 4.78 is 19.9. The smallest absolute Gasteiger partial charge is 0.338 e. The van der Waals surface area contributed by atoms with E-state index < -0.39 is 12.0 Å². The van der Waals surface area contributed by atoms with Crippen molar-refractivity contribution in [2.45, 2.75) is 33.4 Å². The fourth-order valence-electron chi connectivity index (χ4n) is 3.98. The van der Waals surface area contributed by atoms with Gasteiger partial charge in [0.25, 0.3) is 0 Å². The van der Waals surface area contributed by atoms with Crippen LogP contribution in [0.3, 0.4) is 0 Å². The number of halogens is 1. The van der Waals surface area contributed by atoms with Gasteiger partial charge in [-0.05, 0) is 60.0 Å². The van der Waals surface area contributed by atoms with Gasteiger partial charge in [0, 0.05) is 5.70 Å². The van der Waals surface area contributed by atoms with Crippen molar-refractivity contribution in [2.75, 3.05) is 18.5 Å². The van der Waals surface area contributed by atoms with Crippen LogP contribution in [0.15, 0.2) is 71.1 Å². The molecule has 35 heavy (non-hydrogen) atoms. The molecule has 182 valence electrons. The lowest BCUT2D eigenvalue weighted by atomic mass is 9.95. The van der Waals surface area contributed by atoms with E-state index in [9.17, 15) is 4.79 Å². The highest BCUT2D eigenvalue weighted by Gasteiger charge is 2.35.